The molecule has 0 saturated carbocycles. The van der Waals surface area contributed by atoms with Crippen LogP contribution in [0.2, 0.25) is 0 Å². The van der Waals surface area contributed by atoms with Crippen molar-refractivity contribution in [1.82, 2.24) is 5.32 Å². The smallest absolute Gasteiger partial charge is 0.320 e. The number of aliphatic carboxylic acids is 1. The van der Waals surface area contributed by atoms with E-state index in [0.717, 1.165) is 5.56 Å². The molecule has 0 unspecified atom stereocenters. The third-order valence-corrected chi connectivity index (χ3v) is 4.59. The van der Waals surface area contributed by atoms with Gasteiger partial charge in [0.05, 0.1) is 4.90 Å². The van der Waals surface area contributed by atoms with Crippen molar-refractivity contribution in [2.45, 2.75) is 30.0 Å². The average molecular weight is 317 g/mol. The first kappa shape index (κ1) is 15.9. The molecular formula is C13H16FNO5S. The Morgan fingerprint density at radius 3 is 2.62 bits per heavy atom. The Morgan fingerprint density at radius 1 is 1.48 bits per heavy atom. The molecule has 1 saturated heterocycles. The molecule has 2 N–H and O–H groups in total. The van der Waals surface area contributed by atoms with E-state index in [1.807, 2.05) is 6.92 Å². The van der Waals surface area contributed by atoms with Gasteiger partial charge in [-0.25, -0.2) is 4.39 Å². The van der Waals surface area contributed by atoms with Gasteiger partial charge in [0.25, 0.3) is 10.1 Å². The molecule has 116 valence electrons. The number of aryl methyl sites for hydroxylation is 1. The summed E-state index contributed by atoms with van der Waals surface area (Å²) in [5.41, 5.74) is -1.12. The highest BCUT2D eigenvalue weighted by atomic mass is 32.2. The number of carboxylic acid groups (broad SMARTS) is 1. The first-order valence-electron chi connectivity index (χ1n) is 6.33. The normalized spacial score (nSPS) is 25.9. The summed E-state index contributed by atoms with van der Waals surface area (Å²) in [5, 5.41) is 11.3. The second-order valence-corrected chi connectivity index (χ2v) is 6.77. The molecule has 1 aliphatic heterocycles. The van der Waals surface area contributed by atoms with Crippen molar-refractivity contribution in [3.05, 3.63) is 29.8 Å². The van der Waals surface area contributed by atoms with E-state index in [4.69, 9.17) is 9.29 Å². The molecule has 2 atom stereocenters. The van der Waals surface area contributed by atoms with E-state index >= 15 is 0 Å². The van der Waals surface area contributed by atoms with E-state index in [0.29, 0.717) is 0 Å². The molecular weight excluding hydrogens is 301 g/mol. The van der Waals surface area contributed by atoms with Gasteiger partial charge in [-0.1, -0.05) is 17.7 Å². The molecule has 0 aliphatic carbocycles. The third-order valence-electron chi connectivity index (χ3n) is 3.32. The average Bonchev–Trinajstić information content (AvgIpc) is 2.81. The van der Waals surface area contributed by atoms with Gasteiger partial charge >= 0.3 is 5.97 Å². The van der Waals surface area contributed by atoms with E-state index in [1.54, 1.807) is 12.1 Å². The lowest BCUT2D eigenvalue weighted by atomic mass is 10.0. The van der Waals surface area contributed by atoms with Crippen molar-refractivity contribution in [3.8, 4) is 0 Å². The first-order chi connectivity index (χ1) is 9.72. The molecule has 1 aromatic carbocycles. The minimum absolute atomic E-state index is 0.0579. The van der Waals surface area contributed by atoms with Crippen LogP contribution in [0.5, 0.6) is 0 Å². The Morgan fingerprint density at radius 2 is 2.10 bits per heavy atom. The fourth-order valence-corrected chi connectivity index (χ4v) is 3.03. The Hall–Kier alpha value is -1.51. The summed E-state index contributed by atoms with van der Waals surface area (Å²) < 4.78 is 42.9. The van der Waals surface area contributed by atoms with E-state index < -0.39 is 34.4 Å². The SMILES string of the molecule is Cc1ccc(S(=O)(=O)OC[C@]2(F)CN[C@H](C(=O)O)C2)cc1. The van der Waals surface area contributed by atoms with Crippen LogP contribution in [-0.4, -0.2) is 44.4 Å². The molecule has 2 rings (SSSR count). The minimum Gasteiger partial charge on any atom is -0.480 e. The van der Waals surface area contributed by atoms with Crippen molar-refractivity contribution in [2.75, 3.05) is 13.2 Å². The number of benzene rings is 1. The molecule has 0 spiro atoms. The number of carbonyl (C=O) groups is 1. The van der Waals surface area contributed by atoms with Gasteiger partial charge in [-0.2, -0.15) is 8.42 Å². The number of halogens is 1. The van der Waals surface area contributed by atoms with Crippen molar-refractivity contribution >= 4 is 16.1 Å². The van der Waals surface area contributed by atoms with Crippen molar-refractivity contribution in [2.24, 2.45) is 0 Å². The summed E-state index contributed by atoms with van der Waals surface area (Å²) in [5.74, 6) is -1.17. The van der Waals surface area contributed by atoms with Crippen LogP contribution in [-0.2, 0) is 19.1 Å². The summed E-state index contributed by atoms with van der Waals surface area (Å²) in [6.07, 6.45) is -0.328. The molecule has 0 bridgehead atoms. The van der Waals surface area contributed by atoms with Crippen molar-refractivity contribution < 1.29 is 26.9 Å². The quantitative estimate of drug-likeness (QED) is 0.782. The van der Waals surface area contributed by atoms with Crippen LogP contribution < -0.4 is 5.32 Å². The Balaban J connectivity index is 2.02. The standard InChI is InChI=1S/C13H16FNO5S/c1-9-2-4-10(5-3-9)21(18,19)20-8-13(14)6-11(12(16)17)15-7-13/h2-5,11,15H,6-8H2,1H3,(H,16,17)/t11-,13+/m0/s1. The maximum atomic E-state index is 14.3. The molecule has 21 heavy (non-hydrogen) atoms. The molecule has 1 fully saturated rings. The molecule has 8 heteroatoms. The van der Waals surface area contributed by atoms with Gasteiger partial charge in [-0.05, 0) is 19.1 Å². The molecule has 0 radical (unpaired) electrons. The van der Waals surface area contributed by atoms with Crippen LogP contribution in [0.15, 0.2) is 29.2 Å². The highest BCUT2D eigenvalue weighted by molar-refractivity contribution is 7.86. The van der Waals surface area contributed by atoms with Crippen LogP contribution in [0.1, 0.15) is 12.0 Å². The fourth-order valence-electron chi connectivity index (χ4n) is 2.06. The van der Waals surface area contributed by atoms with Gasteiger partial charge in [0.15, 0.2) is 0 Å². The highest BCUT2D eigenvalue weighted by Crippen LogP contribution is 2.26. The van der Waals surface area contributed by atoms with Gasteiger partial charge in [-0.3, -0.25) is 8.98 Å². The number of hydrogen-bond acceptors (Lipinski definition) is 5. The molecule has 0 amide bonds. The van der Waals surface area contributed by atoms with Gasteiger partial charge in [0.2, 0.25) is 0 Å². The molecule has 1 heterocycles. The Labute approximate surface area is 122 Å². The molecule has 1 aromatic rings. The molecule has 1 aliphatic rings. The zero-order valence-corrected chi connectivity index (χ0v) is 12.2. The van der Waals surface area contributed by atoms with Crippen LogP contribution in [0.4, 0.5) is 4.39 Å². The topological polar surface area (TPSA) is 92.7 Å². The van der Waals surface area contributed by atoms with Crippen LogP contribution >= 0.6 is 0 Å². The van der Waals surface area contributed by atoms with E-state index in [-0.39, 0.29) is 17.9 Å². The highest BCUT2D eigenvalue weighted by Gasteiger charge is 2.43. The second kappa shape index (κ2) is 5.70. The lowest BCUT2D eigenvalue weighted by molar-refractivity contribution is -0.139. The van der Waals surface area contributed by atoms with Gasteiger partial charge in [0.1, 0.15) is 18.3 Å². The minimum atomic E-state index is -4.06. The van der Waals surface area contributed by atoms with Crippen molar-refractivity contribution in [3.63, 3.8) is 0 Å². The lowest BCUT2D eigenvalue weighted by Gasteiger charge is -2.17. The lowest BCUT2D eigenvalue weighted by Crippen LogP contribution is -2.33. The molecule has 0 aromatic heterocycles. The van der Waals surface area contributed by atoms with Gasteiger partial charge in [-0.15, -0.1) is 0 Å². The number of carboxylic acids is 1. The van der Waals surface area contributed by atoms with Crippen LogP contribution in [0.3, 0.4) is 0 Å². The monoisotopic (exact) mass is 317 g/mol. The summed E-state index contributed by atoms with van der Waals surface area (Å²) in [6, 6.07) is 4.95. The number of nitrogens with one attached hydrogen (secondary N) is 1. The van der Waals surface area contributed by atoms with E-state index in [9.17, 15) is 17.6 Å². The summed E-state index contributed by atoms with van der Waals surface area (Å²) in [4.78, 5) is 10.7. The second-order valence-electron chi connectivity index (χ2n) is 5.16. The summed E-state index contributed by atoms with van der Waals surface area (Å²) in [6.45, 7) is 0.845. The van der Waals surface area contributed by atoms with Crippen LogP contribution in [0, 0.1) is 6.92 Å². The first-order valence-corrected chi connectivity index (χ1v) is 7.74. The zero-order valence-electron chi connectivity index (χ0n) is 11.4. The van der Waals surface area contributed by atoms with Crippen molar-refractivity contribution in [1.29, 1.82) is 0 Å². The van der Waals surface area contributed by atoms with E-state index in [1.165, 1.54) is 12.1 Å². The Bertz CT molecular complexity index is 630. The summed E-state index contributed by atoms with van der Waals surface area (Å²) >= 11 is 0. The predicted molar refractivity (Wildman–Crippen MR) is 72.2 cm³/mol. The van der Waals surface area contributed by atoms with Gasteiger partial charge < -0.3 is 10.4 Å². The molecule has 6 nitrogen and oxygen atoms in total. The van der Waals surface area contributed by atoms with E-state index in [2.05, 4.69) is 5.32 Å². The number of rotatable bonds is 5. The Kier molecular flexibility index (Phi) is 4.31. The predicted octanol–water partition coefficient (Wildman–Crippen LogP) is 0.855. The number of alkyl halides is 1. The largest absolute Gasteiger partial charge is 0.480 e. The van der Waals surface area contributed by atoms with Gasteiger partial charge in [0, 0.05) is 13.0 Å². The maximum Gasteiger partial charge on any atom is 0.320 e. The zero-order chi connectivity index (χ0) is 15.7. The number of hydrogen-bond donors (Lipinski definition) is 2. The fraction of sp³-hybridized carbons (Fsp3) is 0.462. The third kappa shape index (κ3) is 3.78. The van der Waals surface area contributed by atoms with Crippen LogP contribution in [0.25, 0.3) is 0 Å². The maximum absolute atomic E-state index is 14.3. The summed E-state index contributed by atoms with van der Waals surface area (Å²) in [7, 11) is -4.06.